The first-order chi connectivity index (χ1) is 30.2. The van der Waals surface area contributed by atoms with E-state index in [1.165, 1.54) is 21.8 Å². The Balaban J connectivity index is 1.01. The van der Waals surface area contributed by atoms with Gasteiger partial charge in [-0.25, -0.2) is 4.98 Å². The second-order valence-corrected chi connectivity index (χ2v) is 15.6. The van der Waals surface area contributed by atoms with Crippen LogP contribution in [0.1, 0.15) is 0 Å². The number of hydrogen-bond donors (Lipinski definition) is 0. The molecule has 0 aliphatic carbocycles. The average Bonchev–Trinajstić information content (AvgIpc) is 3.84. The molecular formula is C56H36N4O. The lowest BCUT2D eigenvalue weighted by atomic mass is 10.0. The molecule has 0 atom stereocenters. The molecule has 5 heteroatoms. The maximum Gasteiger partial charge on any atom is 0.266 e. The highest BCUT2D eigenvalue weighted by atomic mass is 16.1. The molecule has 0 saturated heterocycles. The van der Waals surface area contributed by atoms with Crippen molar-refractivity contribution in [1.82, 2.24) is 18.7 Å². The Morgan fingerprint density at radius 1 is 0.295 bits per heavy atom. The molecule has 12 aromatic rings. The van der Waals surface area contributed by atoms with E-state index in [2.05, 4.69) is 161 Å². The number of para-hydroxylation sites is 3. The van der Waals surface area contributed by atoms with Crippen molar-refractivity contribution in [2.75, 3.05) is 0 Å². The molecule has 0 fully saturated rings. The van der Waals surface area contributed by atoms with Crippen LogP contribution in [0.2, 0.25) is 0 Å². The number of aromatic nitrogens is 4. The molecule has 0 amide bonds. The maximum absolute atomic E-state index is 14.7. The first-order valence-corrected chi connectivity index (χ1v) is 20.6. The molecule has 0 spiro atoms. The first-order valence-electron chi connectivity index (χ1n) is 20.6. The molecule has 0 aliphatic rings. The van der Waals surface area contributed by atoms with Crippen LogP contribution in [0.25, 0.3) is 105 Å². The van der Waals surface area contributed by atoms with E-state index in [9.17, 15) is 4.79 Å². The molecule has 61 heavy (non-hydrogen) atoms. The molecular weight excluding hydrogens is 745 g/mol. The smallest absolute Gasteiger partial charge is 0.266 e. The third kappa shape index (κ3) is 5.63. The Labute approximate surface area is 351 Å². The predicted molar refractivity (Wildman–Crippen MR) is 252 cm³/mol. The van der Waals surface area contributed by atoms with Crippen LogP contribution in [0.15, 0.2) is 223 Å². The summed E-state index contributed by atoms with van der Waals surface area (Å²) in [6.45, 7) is 0. The summed E-state index contributed by atoms with van der Waals surface area (Å²) < 4.78 is 6.40. The molecule has 9 aromatic carbocycles. The van der Waals surface area contributed by atoms with Gasteiger partial charge in [0.05, 0.1) is 38.7 Å². The van der Waals surface area contributed by atoms with Gasteiger partial charge in [-0.15, -0.1) is 0 Å². The molecule has 0 unspecified atom stereocenters. The van der Waals surface area contributed by atoms with Crippen LogP contribution in [0.3, 0.4) is 0 Å². The Kier molecular flexibility index (Phi) is 7.93. The van der Waals surface area contributed by atoms with Crippen molar-refractivity contribution in [2.45, 2.75) is 0 Å². The summed E-state index contributed by atoms with van der Waals surface area (Å²) in [6.07, 6.45) is 0. The Hall–Kier alpha value is -8.28. The first kappa shape index (κ1) is 34.7. The molecule has 0 N–H and O–H groups in total. The number of fused-ring (bicyclic) bond motifs is 7. The molecule has 286 valence electrons. The van der Waals surface area contributed by atoms with E-state index in [0.717, 1.165) is 66.7 Å². The number of nitrogens with zero attached hydrogens (tertiary/aromatic N) is 4. The number of rotatable bonds is 6. The van der Waals surface area contributed by atoms with Crippen LogP contribution in [0.5, 0.6) is 0 Å². The fourth-order valence-corrected chi connectivity index (χ4v) is 9.23. The monoisotopic (exact) mass is 780 g/mol. The lowest BCUT2D eigenvalue weighted by Crippen LogP contribution is -2.22. The van der Waals surface area contributed by atoms with Gasteiger partial charge in [0.25, 0.3) is 5.56 Å². The second kappa shape index (κ2) is 13.9. The largest absolute Gasteiger partial charge is 0.309 e. The predicted octanol–water partition coefficient (Wildman–Crippen LogP) is 13.6. The summed E-state index contributed by atoms with van der Waals surface area (Å²) in [5.41, 5.74) is 13.2. The van der Waals surface area contributed by atoms with E-state index >= 15 is 0 Å². The molecule has 5 nitrogen and oxygen atoms in total. The quantitative estimate of drug-likeness (QED) is 0.169. The van der Waals surface area contributed by atoms with Gasteiger partial charge in [-0.2, -0.15) is 0 Å². The van der Waals surface area contributed by atoms with Crippen LogP contribution in [-0.2, 0) is 0 Å². The van der Waals surface area contributed by atoms with Crippen molar-refractivity contribution in [3.05, 3.63) is 229 Å². The molecule has 3 heterocycles. The van der Waals surface area contributed by atoms with Crippen molar-refractivity contribution in [3.8, 4) is 50.7 Å². The molecule has 3 aromatic heterocycles. The minimum Gasteiger partial charge on any atom is -0.309 e. The van der Waals surface area contributed by atoms with Crippen molar-refractivity contribution >= 4 is 54.5 Å². The van der Waals surface area contributed by atoms with Crippen LogP contribution >= 0.6 is 0 Å². The van der Waals surface area contributed by atoms with Crippen LogP contribution < -0.4 is 5.56 Å². The van der Waals surface area contributed by atoms with Crippen molar-refractivity contribution in [1.29, 1.82) is 0 Å². The number of benzene rings is 9. The highest BCUT2D eigenvalue weighted by Gasteiger charge is 2.19. The zero-order valence-electron chi connectivity index (χ0n) is 33.0. The second-order valence-electron chi connectivity index (χ2n) is 15.6. The summed E-state index contributed by atoms with van der Waals surface area (Å²) in [5, 5.41) is 5.33. The molecule has 12 rings (SSSR count). The van der Waals surface area contributed by atoms with Gasteiger partial charge in [-0.1, -0.05) is 140 Å². The van der Waals surface area contributed by atoms with E-state index in [0.29, 0.717) is 16.7 Å². The summed E-state index contributed by atoms with van der Waals surface area (Å²) in [7, 11) is 0. The van der Waals surface area contributed by atoms with Gasteiger partial charge in [0.1, 0.15) is 5.82 Å². The van der Waals surface area contributed by atoms with E-state index in [1.807, 2.05) is 66.7 Å². The zero-order valence-corrected chi connectivity index (χ0v) is 33.0. The van der Waals surface area contributed by atoms with E-state index in [1.54, 1.807) is 4.57 Å². The Bertz CT molecular complexity index is 3710. The van der Waals surface area contributed by atoms with Gasteiger partial charge in [0, 0.05) is 38.5 Å². The average molecular weight is 781 g/mol. The van der Waals surface area contributed by atoms with E-state index < -0.39 is 0 Å². The Morgan fingerprint density at radius 2 is 0.770 bits per heavy atom. The summed E-state index contributed by atoms with van der Waals surface area (Å²) in [6, 6.07) is 75.8. The molecule has 0 aliphatic heterocycles. The highest BCUT2D eigenvalue weighted by Crippen LogP contribution is 2.39. The normalized spacial score (nSPS) is 11.7. The number of hydrogen-bond acceptors (Lipinski definition) is 2. The minimum atomic E-state index is -0.115. The summed E-state index contributed by atoms with van der Waals surface area (Å²) in [5.74, 6) is 0.594. The molecule has 0 bridgehead atoms. The fourth-order valence-electron chi connectivity index (χ4n) is 9.23. The van der Waals surface area contributed by atoms with Gasteiger partial charge in [-0.05, 0) is 101 Å². The van der Waals surface area contributed by atoms with Gasteiger partial charge in [0.15, 0.2) is 0 Å². The third-order valence-electron chi connectivity index (χ3n) is 12.0. The van der Waals surface area contributed by atoms with Gasteiger partial charge in [-0.3, -0.25) is 9.36 Å². The zero-order chi connectivity index (χ0) is 40.4. The van der Waals surface area contributed by atoms with Crippen molar-refractivity contribution in [3.63, 3.8) is 0 Å². The topological polar surface area (TPSA) is 44.8 Å². The van der Waals surface area contributed by atoms with Gasteiger partial charge in [0.2, 0.25) is 0 Å². The SMILES string of the molecule is O=c1c2ccc(-n3c4ccccc4c4cc(-c5ccc6c(c5)c5ccccc5n6-c5ccccc5)ccc43)cc2nc(-c2ccccc2)n1-c1cccc(-c2ccccc2)c1. The van der Waals surface area contributed by atoms with Crippen LogP contribution in [-0.4, -0.2) is 18.7 Å². The lowest BCUT2D eigenvalue weighted by molar-refractivity contribution is 0.975. The fraction of sp³-hybridized carbons (Fsp3) is 0. The highest BCUT2D eigenvalue weighted by molar-refractivity contribution is 6.12. The lowest BCUT2D eigenvalue weighted by Gasteiger charge is -2.16. The maximum atomic E-state index is 14.7. The van der Waals surface area contributed by atoms with Gasteiger partial charge < -0.3 is 9.13 Å². The van der Waals surface area contributed by atoms with E-state index in [4.69, 9.17) is 4.98 Å². The molecule has 0 radical (unpaired) electrons. The van der Waals surface area contributed by atoms with Crippen LogP contribution in [0.4, 0.5) is 0 Å². The minimum absolute atomic E-state index is 0.115. The molecule has 0 saturated carbocycles. The Morgan fingerprint density at radius 3 is 1.41 bits per heavy atom. The summed E-state index contributed by atoms with van der Waals surface area (Å²) in [4.78, 5) is 20.0. The van der Waals surface area contributed by atoms with Crippen LogP contribution in [0, 0.1) is 0 Å². The summed E-state index contributed by atoms with van der Waals surface area (Å²) >= 11 is 0. The van der Waals surface area contributed by atoms with Crippen molar-refractivity contribution < 1.29 is 0 Å². The van der Waals surface area contributed by atoms with Gasteiger partial charge >= 0.3 is 0 Å². The van der Waals surface area contributed by atoms with E-state index in [-0.39, 0.29) is 5.56 Å². The van der Waals surface area contributed by atoms with Crippen molar-refractivity contribution in [2.24, 2.45) is 0 Å². The third-order valence-corrected chi connectivity index (χ3v) is 12.0. The standard InChI is InChI=1S/C56H36N4O/c61-56-47-30-29-44(36-50(47)57-55(38-17-6-2-7-18-38)60(56)43-22-14-19-39(33-43)37-15-4-1-5-16-37)59-52-26-13-11-24-46(52)49-35-41(28-32-54(49)59)40-27-31-53-48(34-40)45-23-10-12-25-51(45)58(53)42-20-8-3-9-21-42/h1-36H.